The predicted octanol–water partition coefficient (Wildman–Crippen LogP) is 4.37. The maximum absolute atomic E-state index is 11.3. The maximum Gasteiger partial charge on any atom is 0.316 e. The van der Waals surface area contributed by atoms with Crippen molar-refractivity contribution in [2.24, 2.45) is 0 Å². The highest BCUT2D eigenvalue weighted by Gasteiger charge is 2.19. The van der Waals surface area contributed by atoms with Gasteiger partial charge in [-0.15, -0.1) is 11.3 Å². The molecule has 0 fully saturated rings. The van der Waals surface area contributed by atoms with Gasteiger partial charge in [0, 0.05) is 42.4 Å². The highest BCUT2D eigenvalue weighted by Crippen LogP contribution is 2.30. The van der Waals surface area contributed by atoms with Gasteiger partial charge in [-0.1, -0.05) is 6.07 Å². The van der Waals surface area contributed by atoms with Crippen LogP contribution in [0.25, 0.3) is 0 Å². The van der Waals surface area contributed by atoms with Gasteiger partial charge in [-0.3, -0.25) is 0 Å². The van der Waals surface area contributed by atoms with Gasteiger partial charge in [0.1, 0.15) is 17.1 Å². The Hall–Kier alpha value is -2.87. The lowest BCUT2D eigenvalue weighted by Crippen LogP contribution is -2.14. The molecule has 0 spiro atoms. The number of nitrogens with one attached hydrogen (secondary N) is 1. The first kappa shape index (κ1) is 22.3. The van der Waals surface area contributed by atoms with E-state index in [0.717, 1.165) is 72.7 Å². The van der Waals surface area contributed by atoms with Gasteiger partial charge in [-0.2, -0.15) is 0 Å². The fourth-order valence-corrected chi connectivity index (χ4v) is 4.90. The molecular weight excluding hydrogens is 422 g/mol. The molecule has 168 valence electrons. The molecule has 1 atom stereocenters. The first-order chi connectivity index (χ1) is 15.8. The molecule has 1 unspecified atom stereocenters. The minimum absolute atomic E-state index is 0.117. The zero-order valence-electron chi connectivity index (χ0n) is 18.4. The number of rotatable bonds is 11. The minimum atomic E-state index is -0.117. The van der Waals surface area contributed by atoms with E-state index < -0.39 is 0 Å². The van der Waals surface area contributed by atoms with Gasteiger partial charge < -0.3 is 14.8 Å². The van der Waals surface area contributed by atoms with Gasteiger partial charge in [0.2, 0.25) is 0 Å². The number of carbonyl (C=O) groups is 1. The summed E-state index contributed by atoms with van der Waals surface area (Å²) in [5, 5.41) is 6.44. The van der Waals surface area contributed by atoms with Crippen molar-refractivity contribution < 1.29 is 9.53 Å². The lowest BCUT2D eigenvalue weighted by Gasteiger charge is -2.17. The molecule has 0 saturated heterocycles. The third-order valence-electron chi connectivity index (χ3n) is 5.59. The van der Waals surface area contributed by atoms with Gasteiger partial charge in [0.25, 0.3) is 0 Å². The van der Waals surface area contributed by atoms with Crippen molar-refractivity contribution in [3.05, 3.63) is 57.4 Å². The maximum atomic E-state index is 11.3. The Bertz CT molecular complexity index is 1020. The molecule has 4 rings (SSSR count). The summed E-state index contributed by atoms with van der Waals surface area (Å²) in [7, 11) is 0. The van der Waals surface area contributed by atoms with Crippen LogP contribution in [0, 0.1) is 0 Å². The first-order valence-electron chi connectivity index (χ1n) is 11.3. The second-order valence-corrected chi connectivity index (χ2v) is 8.80. The Labute approximate surface area is 192 Å². The van der Waals surface area contributed by atoms with Crippen molar-refractivity contribution >= 4 is 23.4 Å². The Kier molecular flexibility index (Phi) is 7.77. The van der Waals surface area contributed by atoms with Crippen LogP contribution in [-0.2, 0) is 24.1 Å². The smallest absolute Gasteiger partial charge is 0.316 e. The second-order valence-electron chi connectivity index (χ2n) is 7.91. The fraction of sp³-hybridized carbons (Fsp3) is 0.458. The third kappa shape index (κ3) is 5.68. The van der Waals surface area contributed by atoms with Crippen LogP contribution < -0.4 is 10.1 Å². The van der Waals surface area contributed by atoms with E-state index in [1.165, 1.54) is 12.0 Å². The summed E-state index contributed by atoms with van der Waals surface area (Å²) in [6.45, 7) is 3.43. The van der Waals surface area contributed by atoms with Gasteiger partial charge in [-0.05, 0) is 62.6 Å². The molecule has 1 aliphatic rings. The van der Waals surface area contributed by atoms with E-state index in [2.05, 4.69) is 32.8 Å². The summed E-state index contributed by atoms with van der Waals surface area (Å²) in [6, 6.07) is 4.73. The van der Waals surface area contributed by atoms with Crippen LogP contribution in [0.15, 0.2) is 29.9 Å². The summed E-state index contributed by atoms with van der Waals surface area (Å²) in [5.41, 5.74) is 4.44. The number of aromatic nitrogens is 4. The second kappa shape index (κ2) is 11.1. The number of thiazole rings is 1. The number of hydrogen-bond donors (Lipinski definition) is 1. The largest absolute Gasteiger partial charge is 0.464 e. The number of ether oxygens (including phenoxy) is 1. The van der Waals surface area contributed by atoms with Crippen LogP contribution in [0.1, 0.15) is 66.0 Å². The number of fused-ring (bicyclic) bond motifs is 1. The molecule has 0 amide bonds. The molecule has 3 aromatic heterocycles. The van der Waals surface area contributed by atoms with E-state index >= 15 is 0 Å². The Balaban J connectivity index is 1.31. The molecular formula is C24H29N5O2S. The highest BCUT2D eigenvalue weighted by atomic mass is 32.1. The quantitative estimate of drug-likeness (QED) is 0.342. The average molecular weight is 452 g/mol. The number of carbonyl (C=O) groups excluding carboxylic acids is 1. The molecule has 7 nitrogen and oxygen atoms in total. The van der Waals surface area contributed by atoms with Crippen molar-refractivity contribution in [1.29, 1.82) is 0 Å². The molecule has 1 N–H and O–H groups in total. The Morgan fingerprint density at radius 2 is 1.97 bits per heavy atom. The molecule has 0 aliphatic carbocycles. The van der Waals surface area contributed by atoms with Gasteiger partial charge in [0.15, 0.2) is 0 Å². The Morgan fingerprint density at radius 1 is 1.16 bits per heavy atom. The number of anilines is 1. The van der Waals surface area contributed by atoms with Gasteiger partial charge in [0.05, 0.1) is 12.3 Å². The normalized spacial score (nSPS) is 13.8. The van der Waals surface area contributed by atoms with E-state index in [-0.39, 0.29) is 5.92 Å². The van der Waals surface area contributed by atoms with Crippen molar-refractivity contribution in [3.8, 4) is 6.01 Å². The minimum Gasteiger partial charge on any atom is -0.464 e. The number of nitrogens with zero attached hydrogens (tertiary/aromatic N) is 4. The topological polar surface area (TPSA) is 89.9 Å². The number of aryl methyl sites for hydroxylation is 3. The summed E-state index contributed by atoms with van der Waals surface area (Å²) in [4.78, 5) is 29.3. The molecule has 0 bridgehead atoms. The van der Waals surface area contributed by atoms with Crippen LogP contribution in [-0.4, -0.2) is 39.4 Å². The van der Waals surface area contributed by atoms with Crippen molar-refractivity contribution in [1.82, 2.24) is 19.9 Å². The number of pyridine rings is 1. The van der Waals surface area contributed by atoms with Crippen LogP contribution in [0.4, 0.5) is 5.82 Å². The van der Waals surface area contributed by atoms with Gasteiger partial charge in [-0.25, -0.2) is 19.9 Å². The lowest BCUT2D eigenvalue weighted by molar-refractivity contribution is -0.108. The molecule has 4 heterocycles. The number of hydrogen-bond acceptors (Lipinski definition) is 8. The number of aldehydes is 1. The number of unbranched alkanes of at least 4 members (excludes halogenated alkanes) is 1. The van der Waals surface area contributed by atoms with Crippen molar-refractivity contribution in [2.75, 3.05) is 18.5 Å². The average Bonchev–Trinajstić information content (AvgIpc) is 3.30. The molecule has 8 heteroatoms. The zero-order chi connectivity index (χ0) is 22.2. The van der Waals surface area contributed by atoms with Crippen LogP contribution >= 0.6 is 11.3 Å². The molecule has 32 heavy (non-hydrogen) atoms. The standard InChI is InChI=1S/C24H29N5O2S/c1-2-31-24-26-14-18(15-27-24)21(11-13-30)23-29-20(16-32-23)8-4-3-7-19-10-9-17-6-5-12-25-22(17)28-19/h9-10,13-16,21H,2-8,11-12H2,1H3,(H,25,28). The van der Waals surface area contributed by atoms with Crippen LogP contribution in [0.3, 0.4) is 0 Å². The van der Waals surface area contributed by atoms with E-state index in [1.54, 1.807) is 23.7 Å². The molecule has 0 saturated carbocycles. The van der Waals surface area contributed by atoms with E-state index in [9.17, 15) is 4.79 Å². The van der Waals surface area contributed by atoms with Crippen molar-refractivity contribution in [3.63, 3.8) is 0 Å². The molecule has 0 radical (unpaired) electrons. The summed E-state index contributed by atoms with van der Waals surface area (Å²) in [5.74, 6) is 0.950. The van der Waals surface area contributed by atoms with E-state index in [1.807, 2.05) is 6.92 Å². The molecule has 3 aromatic rings. The van der Waals surface area contributed by atoms with Gasteiger partial charge >= 0.3 is 6.01 Å². The molecule has 1 aliphatic heterocycles. The monoisotopic (exact) mass is 451 g/mol. The summed E-state index contributed by atoms with van der Waals surface area (Å²) < 4.78 is 5.31. The SMILES string of the molecule is CCOc1ncc(C(CC=O)c2nc(CCCCc3ccc4c(n3)NCCC4)cs2)cn1. The lowest BCUT2D eigenvalue weighted by atomic mass is 10.00. The highest BCUT2D eigenvalue weighted by molar-refractivity contribution is 7.09. The van der Waals surface area contributed by atoms with E-state index in [0.29, 0.717) is 19.0 Å². The predicted molar refractivity (Wildman–Crippen MR) is 126 cm³/mol. The van der Waals surface area contributed by atoms with Crippen LogP contribution in [0.2, 0.25) is 0 Å². The van der Waals surface area contributed by atoms with E-state index in [4.69, 9.17) is 14.7 Å². The first-order valence-corrected chi connectivity index (χ1v) is 12.2. The summed E-state index contributed by atoms with van der Waals surface area (Å²) in [6.07, 6.45) is 11.1. The Morgan fingerprint density at radius 3 is 2.75 bits per heavy atom. The van der Waals surface area contributed by atoms with Crippen molar-refractivity contribution in [2.45, 2.75) is 57.8 Å². The molecule has 0 aromatic carbocycles. The third-order valence-corrected chi connectivity index (χ3v) is 6.60. The van der Waals surface area contributed by atoms with Crippen LogP contribution in [0.5, 0.6) is 6.01 Å². The fourth-order valence-electron chi connectivity index (χ4n) is 3.90. The summed E-state index contributed by atoms with van der Waals surface area (Å²) >= 11 is 1.60. The zero-order valence-corrected chi connectivity index (χ0v) is 19.2.